The number of alkyl halides is 3. The first kappa shape index (κ1) is 14.3. The molecule has 0 atom stereocenters. The topological polar surface area (TPSA) is 31.2 Å². The summed E-state index contributed by atoms with van der Waals surface area (Å²) in [4.78, 5) is 11.1. The second kappa shape index (κ2) is 5.29. The van der Waals surface area contributed by atoms with Crippen molar-refractivity contribution in [3.8, 4) is 0 Å². The van der Waals surface area contributed by atoms with Crippen LogP contribution in [0.4, 0.5) is 13.2 Å². The minimum Gasteiger partial charge on any atom is -0.463 e. The quantitative estimate of drug-likeness (QED) is 0.618. The van der Waals surface area contributed by atoms with Crippen LogP contribution < -0.4 is 0 Å². The standard InChI is InChI=1S/C12H14F3NO2/c1-4-18-11(17)6-5-9-8(2)16(3)7-10(9)12(13,14)15/h5-7H,4H2,1-3H3. The first-order valence-electron chi connectivity index (χ1n) is 5.35. The van der Waals surface area contributed by atoms with E-state index in [4.69, 9.17) is 0 Å². The molecule has 0 saturated carbocycles. The third-order valence-corrected chi connectivity index (χ3v) is 2.51. The van der Waals surface area contributed by atoms with E-state index < -0.39 is 17.7 Å². The molecule has 100 valence electrons. The Bertz CT molecular complexity index is 472. The lowest BCUT2D eigenvalue weighted by Crippen LogP contribution is -2.05. The Balaban J connectivity index is 3.12. The van der Waals surface area contributed by atoms with Crippen LogP contribution in [0.5, 0.6) is 0 Å². The zero-order chi connectivity index (χ0) is 13.9. The van der Waals surface area contributed by atoms with E-state index in [0.717, 1.165) is 18.3 Å². The number of aromatic nitrogens is 1. The maximum atomic E-state index is 12.8. The van der Waals surface area contributed by atoms with Crippen LogP contribution in [0.3, 0.4) is 0 Å². The zero-order valence-corrected chi connectivity index (χ0v) is 10.3. The predicted molar refractivity (Wildman–Crippen MR) is 60.8 cm³/mol. The molecule has 18 heavy (non-hydrogen) atoms. The minimum atomic E-state index is -4.44. The second-order valence-electron chi connectivity index (χ2n) is 3.74. The molecule has 0 saturated heterocycles. The van der Waals surface area contributed by atoms with Gasteiger partial charge in [0.15, 0.2) is 0 Å². The highest BCUT2D eigenvalue weighted by Crippen LogP contribution is 2.34. The van der Waals surface area contributed by atoms with Crippen molar-refractivity contribution in [2.45, 2.75) is 20.0 Å². The zero-order valence-electron chi connectivity index (χ0n) is 10.3. The van der Waals surface area contributed by atoms with Crippen LogP contribution >= 0.6 is 0 Å². The molecule has 0 amide bonds. The van der Waals surface area contributed by atoms with Gasteiger partial charge in [0.25, 0.3) is 0 Å². The highest BCUT2D eigenvalue weighted by Gasteiger charge is 2.35. The predicted octanol–water partition coefficient (Wildman–Crippen LogP) is 2.93. The summed E-state index contributed by atoms with van der Waals surface area (Å²) in [6, 6.07) is 0. The van der Waals surface area contributed by atoms with Crippen molar-refractivity contribution in [3.63, 3.8) is 0 Å². The van der Waals surface area contributed by atoms with E-state index in [-0.39, 0.29) is 12.2 Å². The lowest BCUT2D eigenvalue weighted by Gasteiger charge is -2.05. The van der Waals surface area contributed by atoms with Crippen LogP contribution in [-0.2, 0) is 22.8 Å². The van der Waals surface area contributed by atoms with Crippen molar-refractivity contribution in [2.24, 2.45) is 7.05 Å². The van der Waals surface area contributed by atoms with Gasteiger partial charge in [-0.15, -0.1) is 0 Å². The second-order valence-corrected chi connectivity index (χ2v) is 3.74. The van der Waals surface area contributed by atoms with Gasteiger partial charge in [-0.05, 0) is 19.9 Å². The van der Waals surface area contributed by atoms with Gasteiger partial charge in [0.2, 0.25) is 0 Å². The van der Waals surface area contributed by atoms with Gasteiger partial charge in [-0.1, -0.05) is 0 Å². The molecule has 1 rings (SSSR count). The van der Waals surface area contributed by atoms with Crippen molar-refractivity contribution in [3.05, 3.63) is 29.1 Å². The molecule has 0 bridgehead atoms. The van der Waals surface area contributed by atoms with Gasteiger partial charge in [-0.25, -0.2) is 4.79 Å². The number of aryl methyl sites for hydroxylation is 1. The maximum absolute atomic E-state index is 12.8. The smallest absolute Gasteiger partial charge is 0.418 e. The summed E-state index contributed by atoms with van der Waals surface area (Å²) in [7, 11) is 1.52. The summed E-state index contributed by atoms with van der Waals surface area (Å²) < 4.78 is 44.2. The number of nitrogens with zero attached hydrogens (tertiary/aromatic N) is 1. The number of hydrogen-bond acceptors (Lipinski definition) is 2. The molecule has 0 aliphatic heterocycles. The molecule has 0 fully saturated rings. The maximum Gasteiger partial charge on any atom is 0.418 e. The molecule has 0 aromatic carbocycles. The summed E-state index contributed by atoms with van der Waals surface area (Å²) in [5, 5.41) is 0. The Morgan fingerprint density at radius 3 is 2.61 bits per heavy atom. The Hall–Kier alpha value is -1.72. The van der Waals surface area contributed by atoms with Gasteiger partial charge < -0.3 is 9.30 Å². The fourth-order valence-electron chi connectivity index (χ4n) is 1.52. The lowest BCUT2D eigenvalue weighted by atomic mass is 10.1. The van der Waals surface area contributed by atoms with Crippen molar-refractivity contribution in [2.75, 3.05) is 6.61 Å². The monoisotopic (exact) mass is 261 g/mol. The highest BCUT2D eigenvalue weighted by molar-refractivity contribution is 5.87. The van der Waals surface area contributed by atoms with Crippen LogP contribution in [0.15, 0.2) is 12.3 Å². The van der Waals surface area contributed by atoms with Crippen LogP contribution in [0, 0.1) is 6.92 Å². The number of carbonyl (C=O) groups is 1. The van der Waals surface area contributed by atoms with Gasteiger partial charge in [-0.3, -0.25) is 0 Å². The van der Waals surface area contributed by atoms with Gasteiger partial charge in [0.1, 0.15) is 0 Å². The first-order chi connectivity index (χ1) is 8.27. The largest absolute Gasteiger partial charge is 0.463 e. The van der Waals surface area contributed by atoms with Gasteiger partial charge >= 0.3 is 12.1 Å². The number of ether oxygens (including phenoxy) is 1. The average molecular weight is 261 g/mol. The number of esters is 1. The molecule has 0 N–H and O–H groups in total. The minimum absolute atomic E-state index is 0.0157. The van der Waals surface area contributed by atoms with Crippen molar-refractivity contribution in [1.82, 2.24) is 4.57 Å². The van der Waals surface area contributed by atoms with Crippen LogP contribution in [0.25, 0.3) is 6.08 Å². The summed E-state index contributed by atoms with van der Waals surface area (Å²) >= 11 is 0. The first-order valence-corrected chi connectivity index (χ1v) is 5.35. The summed E-state index contributed by atoms with van der Waals surface area (Å²) in [6.07, 6.45) is -1.31. The van der Waals surface area contributed by atoms with E-state index in [2.05, 4.69) is 4.74 Å². The highest BCUT2D eigenvalue weighted by atomic mass is 19.4. The molecule has 0 unspecified atom stereocenters. The van der Waals surface area contributed by atoms with Crippen molar-refractivity contribution in [1.29, 1.82) is 0 Å². The van der Waals surface area contributed by atoms with E-state index in [1.54, 1.807) is 13.8 Å². The molecule has 6 heteroatoms. The Kier molecular flexibility index (Phi) is 4.21. The molecule has 0 spiro atoms. The molecule has 3 nitrogen and oxygen atoms in total. The molecular weight excluding hydrogens is 247 g/mol. The number of hydrogen-bond donors (Lipinski definition) is 0. The van der Waals surface area contributed by atoms with Crippen LogP contribution in [0.1, 0.15) is 23.7 Å². The molecule has 1 aromatic rings. The SMILES string of the molecule is CCOC(=O)C=Cc1c(C(F)(F)F)cn(C)c1C. The molecule has 0 aliphatic carbocycles. The third-order valence-electron chi connectivity index (χ3n) is 2.51. The third kappa shape index (κ3) is 3.15. The number of halogens is 3. The molecule has 0 aliphatic rings. The van der Waals surface area contributed by atoms with Crippen molar-refractivity contribution >= 4 is 12.0 Å². The van der Waals surface area contributed by atoms with Crippen LogP contribution in [-0.4, -0.2) is 17.1 Å². The summed E-state index contributed by atoms with van der Waals surface area (Å²) in [5.74, 6) is -0.658. The van der Waals surface area contributed by atoms with Crippen molar-refractivity contribution < 1.29 is 22.7 Å². The van der Waals surface area contributed by atoms with Gasteiger partial charge in [0.05, 0.1) is 12.2 Å². The van der Waals surface area contributed by atoms with E-state index in [0.29, 0.717) is 5.69 Å². The fraction of sp³-hybridized carbons (Fsp3) is 0.417. The number of rotatable bonds is 3. The van der Waals surface area contributed by atoms with E-state index in [1.807, 2.05) is 0 Å². The molecule has 1 aromatic heterocycles. The van der Waals surface area contributed by atoms with Gasteiger partial charge in [-0.2, -0.15) is 13.2 Å². The summed E-state index contributed by atoms with van der Waals surface area (Å²) in [5.41, 5.74) is -0.344. The molecular formula is C12H14F3NO2. The Labute approximate surface area is 103 Å². The summed E-state index contributed by atoms with van der Waals surface area (Å²) in [6.45, 7) is 3.36. The Morgan fingerprint density at radius 2 is 2.11 bits per heavy atom. The van der Waals surface area contributed by atoms with E-state index >= 15 is 0 Å². The van der Waals surface area contributed by atoms with E-state index in [1.165, 1.54) is 11.6 Å². The average Bonchev–Trinajstić information content (AvgIpc) is 2.53. The van der Waals surface area contributed by atoms with Crippen LogP contribution in [0.2, 0.25) is 0 Å². The molecule has 0 radical (unpaired) electrons. The molecule has 1 heterocycles. The van der Waals surface area contributed by atoms with Gasteiger partial charge in [0, 0.05) is 30.6 Å². The normalized spacial score (nSPS) is 12.1. The number of carbonyl (C=O) groups excluding carboxylic acids is 1. The fourth-order valence-corrected chi connectivity index (χ4v) is 1.52. The lowest BCUT2D eigenvalue weighted by molar-refractivity contribution is -0.138. The Morgan fingerprint density at radius 1 is 1.50 bits per heavy atom. The van der Waals surface area contributed by atoms with E-state index in [9.17, 15) is 18.0 Å².